The van der Waals surface area contributed by atoms with Gasteiger partial charge in [0.2, 0.25) is 5.95 Å². The number of anilines is 2. The first-order valence-corrected chi connectivity index (χ1v) is 9.29. The molecule has 9 nitrogen and oxygen atoms in total. The Hall–Kier alpha value is -3.07. The maximum Gasteiger partial charge on any atom is 0.332 e. The van der Waals surface area contributed by atoms with Crippen LogP contribution in [0.1, 0.15) is 12.8 Å². The Morgan fingerprint density at radius 2 is 2.07 bits per heavy atom. The van der Waals surface area contributed by atoms with E-state index in [0.717, 1.165) is 24.4 Å². The molecule has 148 valence electrons. The highest BCUT2D eigenvalue weighted by Crippen LogP contribution is 2.32. The topological polar surface area (TPSA) is 94.5 Å². The van der Waals surface area contributed by atoms with Gasteiger partial charge in [-0.05, 0) is 25.0 Å². The highest BCUT2D eigenvalue weighted by Gasteiger charge is 2.27. The van der Waals surface area contributed by atoms with Crippen LogP contribution in [0.2, 0.25) is 0 Å². The Morgan fingerprint density at radius 3 is 2.82 bits per heavy atom. The van der Waals surface area contributed by atoms with Gasteiger partial charge in [0.1, 0.15) is 5.75 Å². The SMILES string of the molecule is COc1cccc(N2CCCn3c2nc2c3c(=O)n(CCCO)c(=O)n2C)c1. The molecular formula is C19H23N5O4. The van der Waals surface area contributed by atoms with Crippen molar-refractivity contribution in [3.63, 3.8) is 0 Å². The third-order valence-electron chi connectivity index (χ3n) is 5.12. The van der Waals surface area contributed by atoms with E-state index in [-0.39, 0.29) is 18.7 Å². The van der Waals surface area contributed by atoms with Crippen molar-refractivity contribution in [2.45, 2.75) is 25.9 Å². The van der Waals surface area contributed by atoms with Crippen molar-refractivity contribution in [1.29, 1.82) is 0 Å². The smallest absolute Gasteiger partial charge is 0.332 e. The van der Waals surface area contributed by atoms with Gasteiger partial charge in [0.25, 0.3) is 5.56 Å². The molecule has 0 aliphatic carbocycles. The molecule has 0 bridgehead atoms. The summed E-state index contributed by atoms with van der Waals surface area (Å²) in [6.07, 6.45) is 1.19. The van der Waals surface area contributed by atoms with Crippen molar-refractivity contribution in [2.24, 2.45) is 7.05 Å². The fourth-order valence-corrected chi connectivity index (χ4v) is 3.71. The second kappa shape index (κ2) is 7.16. The van der Waals surface area contributed by atoms with E-state index in [2.05, 4.69) is 4.98 Å². The normalized spacial score (nSPS) is 13.8. The molecule has 2 aromatic heterocycles. The lowest BCUT2D eigenvalue weighted by Crippen LogP contribution is -2.40. The number of aliphatic hydroxyl groups excluding tert-OH is 1. The summed E-state index contributed by atoms with van der Waals surface area (Å²) in [5.74, 6) is 1.38. The van der Waals surface area contributed by atoms with Gasteiger partial charge in [-0.25, -0.2) is 4.79 Å². The van der Waals surface area contributed by atoms with Crippen LogP contribution >= 0.6 is 0 Å². The van der Waals surface area contributed by atoms with E-state index in [9.17, 15) is 9.59 Å². The molecule has 0 saturated carbocycles. The highest BCUT2D eigenvalue weighted by molar-refractivity contribution is 5.77. The monoisotopic (exact) mass is 385 g/mol. The molecule has 0 amide bonds. The standard InChI is InChI=1S/C19H23N5O4/c1-21-16-15(17(26)24(19(21)27)10-5-11-25)23-9-4-8-22(18(23)20-16)13-6-3-7-14(12-13)28-2/h3,6-7,12,25H,4-5,8-11H2,1-2H3. The molecular weight excluding hydrogens is 362 g/mol. The van der Waals surface area contributed by atoms with E-state index in [4.69, 9.17) is 9.84 Å². The molecule has 1 N–H and O–H groups in total. The van der Waals surface area contributed by atoms with Crippen molar-refractivity contribution in [3.8, 4) is 5.75 Å². The maximum atomic E-state index is 13.1. The lowest BCUT2D eigenvalue weighted by atomic mass is 10.2. The number of aryl methyl sites for hydroxylation is 2. The number of fused-ring (bicyclic) bond motifs is 3. The zero-order chi connectivity index (χ0) is 19.8. The van der Waals surface area contributed by atoms with Crippen LogP contribution in [0.3, 0.4) is 0 Å². The van der Waals surface area contributed by atoms with E-state index >= 15 is 0 Å². The molecule has 0 radical (unpaired) electrons. The molecule has 0 fully saturated rings. The highest BCUT2D eigenvalue weighted by atomic mass is 16.5. The van der Waals surface area contributed by atoms with Crippen molar-refractivity contribution in [3.05, 3.63) is 45.1 Å². The number of rotatable bonds is 5. The van der Waals surface area contributed by atoms with Gasteiger partial charge in [0.05, 0.1) is 7.11 Å². The summed E-state index contributed by atoms with van der Waals surface area (Å²) in [6, 6.07) is 7.68. The van der Waals surface area contributed by atoms with Gasteiger partial charge >= 0.3 is 5.69 Å². The van der Waals surface area contributed by atoms with Gasteiger partial charge in [-0.15, -0.1) is 0 Å². The van der Waals surface area contributed by atoms with E-state index < -0.39 is 5.69 Å². The number of hydrogen-bond donors (Lipinski definition) is 1. The molecule has 3 aromatic rings. The van der Waals surface area contributed by atoms with Crippen LogP contribution in [0.25, 0.3) is 11.2 Å². The minimum atomic E-state index is -0.422. The van der Waals surface area contributed by atoms with Gasteiger partial charge < -0.3 is 19.3 Å². The summed E-state index contributed by atoms with van der Waals surface area (Å²) < 4.78 is 9.80. The lowest BCUT2D eigenvalue weighted by molar-refractivity contribution is 0.277. The lowest BCUT2D eigenvalue weighted by Gasteiger charge is -2.29. The summed E-state index contributed by atoms with van der Waals surface area (Å²) in [4.78, 5) is 32.4. The van der Waals surface area contributed by atoms with E-state index in [0.29, 0.717) is 30.1 Å². The molecule has 1 aliphatic rings. The quantitative estimate of drug-likeness (QED) is 0.699. The van der Waals surface area contributed by atoms with Crippen LogP contribution in [-0.4, -0.2) is 44.1 Å². The zero-order valence-corrected chi connectivity index (χ0v) is 16.0. The number of ether oxygens (including phenoxy) is 1. The predicted octanol–water partition coefficient (Wildman–Crippen LogP) is 0.829. The summed E-state index contributed by atoms with van der Waals surface area (Å²) in [5.41, 5.74) is 0.927. The summed E-state index contributed by atoms with van der Waals surface area (Å²) >= 11 is 0. The molecule has 1 aliphatic heterocycles. The molecule has 9 heteroatoms. The second-order valence-corrected chi connectivity index (χ2v) is 6.82. The average molecular weight is 385 g/mol. The molecule has 3 heterocycles. The second-order valence-electron chi connectivity index (χ2n) is 6.82. The molecule has 0 saturated heterocycles. The average Bonchev–Trinajstić information content (AvgIpc) is 3.12. The number of nitrogens with zero attached hydrogens (tertiary/aromatic N) is 5. The predicted molar refractivity (Wildman–Crippen MR) is 106 cm³/mol. The molecule has 0 spiro atoms. The van der Waals surface area contributed by atoms with Gasteiger partial charge in [-0.3, -0.25) is 13.9 Å². The number of benzene rings is 1. The van der Waals surface area contributed by atoms with Crippen LogP contribution in [0.15, 0.2) is 33.9 Å². The number of imidazole rings is 1. The van der Waals surface area contributed by atoms with Gasteiger partial charge in [-0.1, -0.05) is 6.07 Å². The van der Waals surface area contributed by atoms with Crippen LogP contribution in [0.4, 0.5) is 11.6 Å². The molecule has 28 heavy (non-hydrogen) atoms. The Labute approximate surface area is 161 Å². The van der Waals surface area contributed by atoms with Crippen molar-refractivity contribution in [2.75, 3.05) is 25.2 Å². The Morgan fingerprint density at radius 1 is 1.25 bits per heavy atom. The number of methoxy groups -OCH3 is 1. The third kappa shape index (κ3) is 2.78. The fraction of sp³-hybridized carbons (Fsp3) is 0.421. The number of aliphatic hydroxyl groups is 1. The van der Waals surface area contributed by atoms with E-state index in [1.165, 1.54) is 9.13 Å². The first-order chi connectivity index (χ1) is 13.6. The minimum absolute atomic E-state index is 0.0816. The van der Waals surface area contributed by atoms with E-state index in [1.54, 1.807) is 14.2 Å². The fourth-order valence-electron chi connectivity index (χ4n) is 3.71. The maximum absolute atomic E-state index is 13.1. The molecule has 0 atom stereocenters. The minimum Gasteiger partial charge on any atom is -0.497 e. The molecule has 4 rings (SSSR count). The summed E-state index contributed by atoms with van der Waals surface area (Å²) in [6.45, 7) is 1.50. The van der Waals surface area contributed by atoms with Crippen molar-refractivity contribution in [1.82, 2.24) is 18.7 Å². The molecule has 1 aromatic carbocycles. The van der Waals surface area contributed by atoms with Crippen LogP contribution < -0.4 is 20.9 Å². The van der Waals surface area contributed by atoms with Gasteiger partial charge in [-0.2, -0.15) is 4.98 Å². The number of aromatic nitrogens is 4. The van der Waals surface area contributed by atoms with Gasteiger partial charge in [0.15, 0.2) is 11.2 Å². The first-order valence-electron chi connectivity index (χ1n) is 9.29. The Bertz CT molecular complexity index is 1140. The van der Waals surface area contributed by atoms with Crippen LogP contribution in [-0.2, 0) is 20.1 Å². The summed E-state index contributed by atoms with van der Waals surface area (Å²) in [7, 11) is 3.24. The van der Waals surface area contributed by atoms with E-state index in [1.807, 2.05) is 33.7 Å². The zero-order valence-electron chi connectivity index (χ0n) is 16.0. The van der Waals surface area contributed by atoms with Crippen LogP contribution in [0, 0.1) is 0 Å². The van der Waals surface area contributed by atoms with Crippen molar-refractivity contribution < 1.29 is 9.84 Å². The van der Waals surface area contributed by atoms with Crippen LogP contribution in [0.5, 0.6) is 5.75 Å². The Kier molecular flexibility index (Phi) is 4.68. The summed E-state index contributed by atoms with van der Waals surface area (Å²) in [5, 5.41) is 9.09. The van der Waals surface area contributed by atoms with Gasteiger partial charge in [0, 0.05) is 45.0 Å². The third-order valence-corrected chi connectivity index (χ3v) is 5.12. The van der Waals surface area contributed by atoms with Crippen molar-refractivity contribution >= 4 is 22.8 Å². The molecule has 0 unspecified atom stereocenters. The largest absolute Gasteiger partial charge is 0.497 e. The number of hydrogen-bond acceptors (Lipinski definition) is 6. The first kappa shape index (κ1) is 18.3. The Balaban J connectivity index is 1.93.